The number of carbonyl (C=O) groups excluding carboxylic acids is 1. The molecule has 1 aromatic heterocycles. The van der Waals surface area contributed by atoms with E-state index in [1.807, 2.05) is 6.20 Å². The highest BCUT2D eigenvalue weighted by Gasteiger charge is 2.40. The monoisotopic (exact) mass is 401 g/mol. The fraction of sp³-hybridized carbons (Fsp3) is 0.423. The summed E-state index contributed by atoms with van der Waals surface area (Å²) in [5.74, 6) is 0.346. The van der Waals surface area contributed by atoms with E-state index in [2.05, 4.69) is 69.4 Å². The standard InChI is InChI=1S/C26H31N3O/c30-25-8-11-26(20-29(25)15-10-21-4-2-1-3-5-21)12-16-28(17-13-26)19-22-6-7-24-23(18-22)9-14-27-24/h1-7,9,14,18,27H,8,10-13,15-17,19-20H2. The molecule has 2 aliphatic rings. The van der Waals surface area contributed by atoms with Gasteiger partial charge in [0.15, 0.2) is 0 Å². The van der Waals surface area contributed by atoms with Crippen LogP contribution in [-0.4, -0.2) is 46.9 Å². The van der Waals surface area contributed by atoms with E-state index in [1.54, 1.807) is 0 Å². The number of piperidine rings is 2. The number of benzene rings is 2. The first-order valence-electron chi connectivity index (χ1n) is 11.3. The number of likely N-dealkylation sites (tertiary alicyclic amines) is 2. The van der Waals surface area contributed by atoms with Gasteiger partial charge in [0, 0.05) is 37.8 Å². The summed E-state index contributed by atoms with van der Waals surface area (Å²) >= 11 is 0. The summed E-state index contributed by atoms with van der Waals surface area (Å²) in [7, 11) is 0. The predicted molar refractivity (Wildman–Crippen MR) is 121 cm³/mol. The van der Waals surface area contributed by atoms with E-state index in [4.69, 9.17) is 0 Å². The molecule has 0 saturated carbocycles. The molecule has 2 fully saturated rings. The van der Waals surface area contributed by atoms with Gasteiger partial charge in [-0.1, -0.05) is 36.4 Å². The minimum atomic E-state index is 0.325. The smallest absolute Gasteiger partial charge is 0.222 e. The first kappa shape index (κ1) is 19.4. The lowest BCUT2D eigenvalue weighted by molar-refractivity contribution is -0.139. The topological polar surface area (TPSA) is 39.3 Å². The maximum Gasteiger partial charge on any atom is 0.222 e. The molecule has 1 N–H and O–H groups in total. The lowest BCUT2D eigenvalue weighted by Crippen LogP contribution is -2.51. The average Bonchev–Trinajstić information content (AvgIpc) is 3.25. The number of rotatable bonds is 5. The fourth-order valence-corrected chi connectivity index (χ4v) is 5.27. The van der Waals surface area contributed by atoms with E-state index in [9.17, 15) is 4.79 Å². The SMILES string of the molecule is O=C1CCC2(CCN(Cc3ccc4[nH]ccc4c3)CC2)CN1CCc1ccccc1. The Morgan fingerprint density at radius 2 is 1.77 bits per heavy atom. The van der Waals surface area contributed by atoms with Crippen LogP contribution in [0.2, 0.25) is 0 Å². The van der Waals surface area contributed by atoms with Crippen LogP contribution in [0.25, 0.3) is 10.9 Å². The van der Waals surface area contributed by atoms with Crippen molar-refractivity contribution in [2.24, 2.45) is 5.41 Å². The van der Waals surface area contributed by atoms with Crippen molar-refractivity contribution in [3.05, 3.63) is 71.9 Å². The van der Waals surface area contributed by atoms with E-state index in [0.717, 1.165) is 52.0 Å². The van der Waals surface area contributed by atoms with Crippen LogP contribution in [0.5, 0.6) is 0 Å². The zero-order chi connectivity index (χ0) is 20.4. The number of amides is 1. The normalized spacial score (nSPS) is 19.6. The maximum atomic E-state index is 12.5. The van der Waals surface area contributed by atoms with Crippen molar-refractivity contribution in [3.8, 4) is 0 Å². The third-order valence-corrected chi connectivity index (χ3v) is 7.20. The molecule has 0 atom stereocenters. The number of aromatic nitrogens is 1. The van der Waals surface area contributed by atoms with Crippen LogP contribution in [0.4, 0.5) is 0 Å². The average molecular weight is 402 g/mol. The van der Waals surface area contributed by atoms with Gasteiger partial charge in [0.1, 0.15) is 0 Å². The van der Waals surface area contributed by atoms with Crippen molar-refractivity contribution in [1.82, 2.24) is 14.8 Å². The van der Waals surface area contributed by atoms with Crippen LogP contribution in [-0.2, 0) is 17.8 Å². The largest absolute Gasteiger partial charge is 0.361 e. The van der Waals surface area contributed by atoms with E-state index < -0.39 is 0 Å². The second-order valence-corrected chi connectivity index (χ2v) is 9.23. The number of hydrogen-bond donors (Lipinski definition) is 1. The summed E-state index contributed by atoms with van der Waals surface area (Å²) in [6, 6.07) is 19.4. The zero-order valence-electron chi connectivity index (χ0n) is 17.6. The summed E-state index contributed by atoms with van der Waals surface area (Å²) in [6.45, 7) is 5.08. The quantitative estimate of drug-likeness (QED) is 0.678. The summed E-state index contributed by atoms with van der Waals surface area (Å²) in [5.41, 5.74) is 4.24. The molecule has 4 heteroatoms. The Kier molecular flexibility index (Phi) is 5.34. The van der Waals surface area contributed by atoms with Gasteiger partial charge in [0.25, 0.3) is 0 Å². The molecule has 5 rings (SSSR count). The molecule has 0 radical (unpaired) electrons. The van der Waals surface area contributed by atoms with Gasteiger partial charge >= 0.3 is 0 Å². The lowest BCUT2D eigenvalue weighted by atomic mass is 9.72. The fourth-order valence-electron chi connectivity index (χ4n) is 5.27. The number of carbonyl (C=O) groups is 1. The molecular weight excluding hydrogens is 370 g/mol. The summed E-state index contributed by atoms with van der Waals surface area (Å²) in [4.78, 5) is 20.5. The number of nitrogens with zero attached hydrogens (tertiary/aromatic N) is 2. The molecule has 30 heavy (non-hydrogen) atoms. The van der Waals surface area contributed by atoms with Crippen molar-refractivity contribution in [3.63, 3.8) is 0 Å². The van der Waals surface area contributed by atoms with Crippen LogP contribution in [0.3, 0.4) is 0 Å². The van der Waals surface area contributed by atoms with Crippen molar-refractivity contribution in [1.29, 1.82) is 0 Å². The van der Waals surface area contributed by atoms with Gasteiger partial charge in [-0.05, 0) is 78.9 Å². The van der Waals surface area contributed by atoms with Gasteiger partial charge in [-0.3, -0.25) is 9.69 Å². The molecule has 1 amide bonds. The van der Waals surface area contributed by atoms with Gasteiger partial charge in [-0.2, -0.15) is 0 Å². The molecular formula is C26H31N3O. The molecule has 2 aliphatic heterocycles. The summed E-state index contributed by atoms with van der Waals surface area (Å²) < 4.78 is 0. The van der Waals surface area contributed by atoms with Crippen molar-refractivity contribution in [2.45, 2.75) is 38.6 Å². The van der Waals surface area contributed by atoms with E-state index in [0.29, 0.717) is 11.3 Å². The minimum Gasteiger partial charge on any atom is -0.361 e. The second-order valence-electron chi connectivity index (χ2n) is 9.23. The van der Waals surface area contributed by atoms with Gasteiger partial charge in [-0.15, -0.1) is 0 Å². The van der Waals surface area contributed by atoms with E-state index >= 15 is 0 Å². The Balaban J connectivity index is 1.17. The Bertz CT molecular complexity index is 1000. The predicted octanol–water partition coefficient (Wildman–Crippen LogP) is 4.62. The van der Waals surface area contributed by atoms with Crippen LogP contribution in [0.15, 0.2) is 60.8 Å². The second kappa shape index (κ2) is 8.27. The minimum absolute atomic E-state index is 0.325. The Hall–Kier alpha value is -2.59. The molecule has 156 valence electrons. The molecule has 2 aromatic carbocycles. The number of fused-ring (bicyclic) bond motifs is 1. The third-order valence-electron chi connectivity index (χ3n) is 7.20. The number of hydrogen-bond acceptors (Lipinski definition) is 2. The summed E-state index contributed by atoms with van der Waals surface area (Å²) in [6.07, 6.45) is 7.15. The zero-order valence-corrected chi connectivity index (χ0v) is 17.6. The third kappa shape index (κ3) is 4.15. The van der Waals surface area contributed by atoms with Crippen LogP contribution >= 0.6 is 0 Å². The van der Waals surface area contributed by atoms with E-state index in [1.165, 1.54) is 34.9 Å². The number of H-pyrrole nitrogens is 1. The van der Waals surface area contributed by atoms with Crippen LogP contribution in [0, 0.1) is 5.41 Å². The van der Waals surface area contributed by atoms with Gasteiger partial charge in [-0.25, -0.2) is 0 Å². The molecule has 0 bridgehead atoms. The highest BCUT2D eigenvalue weighted by atomic mass is 16.2. The van der Waals surface area contributed by atoms with Crippen LogP contribution in [0.1, 0.15) is 36.8 Å². The summed E-state index contributed by atoms with van der Waals surface area (Å²) in [5, 5.41) is 1.29. The van der Waals surface area contributed by atoms with Gasteiger partial charge < -0.3 is 9.88 Å². The Morgan fingerprint density at radius 1 is 0.933 bits per heavy atom. The molecule has 4 nitrogen and oxygen atoms in total. The molecule has 0 unspecified atom stereocenters. The lowest BCUT2D eigenvalue weighted by Gasteiger charge is -2.47. The number of aromatic amines is 1. The number of nitrogens with one attached hydrogen (secondary N) is 1. The molecule has 1 spiro atoms. The first-order valence-corrected chi connectivity index (χ1v) is 11.3. The highest BCUT2D eigenvalue weighted by Crippen LogP contribution is 2.40. The Morgan fingerprint density at radius 3 is 2.60 bits per heavy atom. The van der Waals surface area contributed by atoms with E-state index in [-0.39, 0.29) is 0 Å². The maximum absolute atomic E-state index is 12.5. The Labute approximate surface area is 178 Å². The molecule has 3 heterocycles. The van der Waals surface area contributed by atoms with Crippen molar-refractivity contribution >= 4 is 16.8 Å². The molecule has 0 aliphatic carbocycles. The van der Waals surface area contributed by atoms with Crippen LogP contribution < -0.4 is 0 Å². The van der Waals surface area contributed by atoms with Crippen molar-refractivity contribution in [2.75, 3.05) is 26.2 Å². The molecule has 3 aromatic rings. The first-order chi connectivity index (χ1) is 14.7. The molecule has 2 saturated heterocycles. The van der Waals surface area contributed by atoms with Gasteiger partial charge in [0.05, 0.1) is 0 Å². The highest BCUT2D eigenvalue weighted by molar-refractivity contribution is 5.80. The van der Waals surface area contributed by atoms with Gasteiger partial charge in [0.2, 0.25) is 5.91 Å². The van der Waals surface area contributed by atoms with Crippen molar-refractivity contribution < 1.29 is 4.79 Å².